The Labute approximate surface area is 116 Å². The monoisotopic (exact) mass is 292 g/mol. The maximum atomic E-state index is 12.0. The van der Waals surface area contributed by atoms with Gasteiger partial charge >= 0.3 is 5.69 Å². The molecule has 0 aliphatic carbocycles. The minimum atomic E-state index is -0.402. The molecule has 3 aromatic rings. The molecule has 0 radical (unpaired) electrons. The average Bonchev–Trinajstić information content (AvgIpc) is 3.09. The van der Waals surface area contributed by atoms with Gasteiger partial charge in [0.25, 0.3) is 5.56 Å². The number of hydrogen-bond donors (Lipinski definition) is 2. The molecule has 0 atom stereocenters. The van der Waals surface area contributed by atoms with Crippen molar-refractivity contribution in [1.82, 2.24) is 24.1 Å². The second-order valence-corrected chi connectivity index (χ2v) is 5.25. The predicted octanol–water partition coefficient (Wildman–Crippen LogP) is 0.0289. The van der Waals surface area contributed by atoms with Crippen molar-refractivity contribution in [2.45, 2.75) is 6.54 Å². The van der Waals surface area contributed by atoms with Gasteiger partial charge < -0.3 is 10.3 Å². The lowest BCUT2D eigenvalue weighted by Gasteiger charge is -2.00. The molecule has 0 aliphatic heterocycles. The van der Waals surface area contributed by atoms with Crippen LogP contribution in [0.25, 0.3) is 11.2 Å². The number of aromatic nitrogens is 5. The van der Waals surface area contributed by atoms with Crippen LogP contribution in [0.3, 0.4) is 0 Å². The molecule has 3 heterocycles. The maximum absolute atomic E-state index is 12.0. The Kier molecular flexibility index (Phi) is 2.90. The first kappa shape index (κ1) is 12.6. The Morgan fingerprint density at radius 2 is 2.15 bits per heavy atom. The van der Waals surface area contributed by atoms with Crippen molar-refractivity contribution in [3.05, 3.63) is 37.4 Å². The summed E-state index contributed by atoms with van der Waals surface area (Å²) in [5.74, 6) is 0.438. The van der Waals surface area contributed by atoms with Crippen LogP contribution in [0.1, 0.15) is 5.01 Å². The predicted molar refractivity (Wildman–Crippen MR) is 76.0 cm³/mol. The first-order chi connectivity index (χ1) is 9.58. The fraction of sp³-hybridized carbons (Fsp3) is 0.273. The number of imidazole rings is 1. The van der Waals surface area contributed by atoms with E-state index in [1.807, 2.05) is 5.38 Å². The van der Waals surface area contributed by atoms with Gasteiger partial charge in [0.1, 0.15) is 5.01 Å². The van der Waals surface area contributed by atoms with Crippen LogP contribution >= 0.6 is 11.3 Å². The van der Waals surface area contributed by atoms with Gasteiger partial charge in [-0.25, -0.2) is 9.78 Å². The Morgan fingerprint density at radius 3 is 2.85 bits per heavy atom. The van der Waals surface area contributed by atoms with E-state index in [9.17, 15) is 9.59 Å². The third-order valence-electron chi connectivity index (χ3n) is 2.99. The Hall–Kier alpha value is -2.42. The summed E-state index contributed by atoms with van der Waals surface area (Å²) in [6.07, 6.45) is 1.72. The van der Waals surface area contributed by atoms with Crippen molar-refractivity contribution >= 4 is 28.4 Å². The highest BCUT2D eigenvalue weighted by Crippen LogP contribution is 2.10. The quantitative estimate of drug-likeness (QED) is 0.709. The van der Waals surface area contributed by atoms with Crippen LogP contribution in [0.5, 0.6) is 0 Å². The van der Waals surface area contributed by atoms with Gasteiger partial charge in [-0.15, -0.1) is 11.3 Å². The number of aryl methyl sites for hydroxylation is 1. The summed E-state index contributed by atoms with van der Waals surface area (Å²) in [5.41, 5.74) is -0.158. The zero-order valence-electron chi connectivity index (χ0n) is 10.9. The fourth-order valence-corrected chi connectivity index (χ4v) is 2.47. The van der Waals surface area contributed by atoms with Gasteiger partial charge in [-0.05, 0) is 0 Å². The standard InChI is InChI=1S/C11H12N6O2S/c1-16-8-7(9(18)17(2)11(16)19)14-10(15-8)13-5-6-12-3-4-20-6/h3-4H,5H2,1-2H3,(H2,13,14,15). The zero-order valence-corrected chi connectivity index (χ0v) is 11.7. The van der Waals surface area contributed by atoms with E-state index in [0.717, 1.165) is 9.57 Å². The highest BCUT2D eigenvalue weighted by atomic mass is 32.1. The summed E-state index contributed by atoms with van der Waals surface area (Å²) in [6.45, 7) is 0.506. The summed E-state index contributed by atoms with van der Waals surface area (Å²) < 4.78 is 2.38. The number of nitrogens with zero attached hydrogens (tertiary/aromatic N) is 4. The molecule has 104 valence electrons. The topological polar surface area (TPSA) is 97.6 Å². The SMILES string of the molecule is Cn1c(=O)c2[nH]c(NCc3nccs3)nc2n(C)c1=O. The van der Waals surface area contributed by atoms with Crippen molar-refractivity contribution in [3.8, 4) is 0 Å². The number of thiazole rings is 1. The highest BCUT2D eigenvalue weighted by molar-refractivity contribution is 7.09. The molecule has 0 unspecified atom stereocenters. The molecule has 0 bridgehead atoms. The van der Waals surface area contributed by atoms with E-state index in [2.05, 4.69) is 20.3 Å². The fourth-order valence-electron chi connectivity index (χ4n) is 1.91. The number of rotatable bonds is 3. The van der Waals surface area contributed by atoms with Crippen molar-refractivity contribution in [3.63, 3.8) is 0 Å². The van der Waals surface area contributed by atoms with Gasteiger partial charge in [0, 0.05) is 25.7 Å². The second kappa shape index (κ2) is 4.60. The molecule has 0 fully saturated rings. The minimum Gasteiger partial charge on any atom is -0.349 e. The lowest BCUT2D eigenvalue weighted by atomic mass is 10.5. The largest absolute Gasteiger partial charge is 0.349 e. The third kappa shape index (κ3) is 1.92. The van der Waals surface area contributed by atoms with Crippen LogP contribution in [-0.2, 0) is 20.6 Å². The van der Waals surface area contributed by atoms with Crippen molar-refractivity contribution in [2.24, 2.45) is 14.1 Å². The Bertz CT molecular complexity index is 873. The molecule has 3 rings (SSSR count). The van der Waals surface area contributed by atoms with Gasteiger partial charge in [0.05, 0.1) is 6.54 Å². The van der Waals surface area contributed by atoms with Crippen molar-refractivity contribution < 1.29 is 0 Å². The summed E-state index contributed by atoms with van der Waals surface area (Å²) in [5, 5.41) is 5.84. The van der Waals surface area contributed by atoms with Crippen LogP contribution < -0.4 is 16.6 Å². The van der Waals surface area contributed by atoms with E-state index < -0.39 is 11.2 Å². The first-order valence-electron chi connectivity index (χ1n) is 5.86. The summed E-state index contributed by atoms with van der Waals surface area (Å²) in [7, 11) is 3.02. The number of fused-ring (bicyclic) bond motifs is 1. The number of anilines is 1. The van der Waals surface area contributed by atoms with Gasteiger partial charge in [-0.2, -0.15) is 4.98 Å². The Morgan fingerprint density at radius 1 is 1.35 bits per heavy atom. The molecule has 9 heteroatoms. The van der Waals surface area contributed by atoms with Crippen molar-refractivity contribution in [1.29, 1.82) is 0 Å². The molecule has 0 spiro atoms. The zero-order chi connectivity index (χ0) is 14.3. The molecule has 0 saturated carbocycles. The molecular formula is C11H12N6O2S. The lowest BCUT2D eigenvalue weighted by molar-refractivity contribution is 0.709. The normalized spacial score (nSPS) is 11.1. The molecule has 0 amide bonds. The number of aromatic amines is 1. The minimum absolute atomic E-state index is 0.302. The van der Waals surface area contributed by atoms with E-state index in [1.54, 1.807) is 13.2 Å². The summed E-state index contributed by atoms with van der Waals surface area (Å²) in [4.78, 5) is 35.1. The van der Waals surface area contributed by atoms with Gasteiger partial charge in [-0.3, -0.25) is 13.9 Å². The Balaban J connectivity index is 2.03. The summed E-state index contributed by atoms with van der Waals surface area (Å²) >= 11 is 1.52. The van der Waals surface area contributed by atoms with E-state index in [-0.39, 0.29) is 0 Å². The molecular weight excluding hydrogens is 280 g/mol. The third-order valence-corrected chi connectivity index (χ3v) is 3.76. The van der Waals surface area contributed by atoms with Crippen LogP contribution in [0.15, 0.2) is 21.2 Å². The average molecular weight is 292 g/mol. The van der Waals surface area contributed by atoms with Crippen LogP contribution in [-0.4, -0.2) is 24.1 Å². The second-order valence-electron chi connectivity index (χ2n) is 4.27. The highest BCUT2D eigenvalue weighted by Gasteiger charge is 2.13. The molecule has 20 heavy (non-hydrogen) atoms. The molecule has 3 aromatic heterocycles. The number of hydrogen-bond acceptors (Lipinski definition) is 6. The number of H-pyrrole nitrogens is 1. The van der Waals surface area contributed by atoms with Crippen LogP contribution in [0.2, 0.25) is 0 Å². The molecule has 2 N–H and O–H groups in total. The van der Waals surface area contributed by atoms with Gasteiger partial charge in [-0.1, -0.05) is 0 Å². The van der Waals surface area contributed by atoms with Gasteiger partial charge in [0.15, 0.2) is 11.2 Å². The first-order valence-corrected chi connectivity index (χ1v) is 6.74. The molecule has 0 saturated heterocycles. The summed E-state index contributed by atoms with van der Waals surface area (Å²) in [6, 6.07) is 0. The van der Waals surface area contributed by atoms with E-state index in [1.165, 1.54) is 23.0 Å². The van der Waals surface area contributed by atoms with Gasteiger partial charge in [0.2, 0.25) is 5.95 Å². The van der Waals surface area contributed by atoms with Crippen LogP contribution in [0, 0.1) is 0 Å². The molecule has 8 nitrogen and oxygen atoms in total. The smallest absolute Gasteiger partial charge is 0.332 e. The van der Waals surface area contributed by atoms with E-state index >= 15 is 0 Å². The lowest BCUT2D eigenvalue weighted by Crippen LogP contribution is -2.36. The molecule has 0 aliphatic rings. The molecule has 0 aromatic carbocycles. The van der Waals surface area contributed by atoms with E-state index in [0.29, 0.717) is 23.7 Å². The van der Waals surface area contributed by atoms with E-state index in [4.69, 9.17) is 0 Å². The van der Waals surface area contributed by atoms with Crippen molar-refractivity contribution in [2.75, 3.05) is 5.32 Å². The number of nitrogens with one attached hydrogen (secondary N) is 2. The maximum Gasteiger partial charge on any atom is 0.332 e. The van der Waals surface area contributed by atoms with Crippen LogP contribution in [0.4, 0.5) is 5.95 Å².